The zero-order valence-corrected chi connectivity index (χ0v) is 15.2. The highest BCUT2D eigenvalue weighted by atomic mass is 14.9. The van der Waals surface area contributed by atoms with Gasteiger partial charge in [-0.3, -0.25) is 0 Å². The van der Waals surface area contributed by atoms with E-state index in [0.717, 1.165) is 23.8 Å². The van der Waals surface area contributed by atoms with Crippen molar-refractivity contribution in [2.75, 3.05) is 0 Å². The third kappa shape index (κ3) is 1.89. The van der Waals surface area contributed by atoms with Gasteiger partial charge in [-0.15, -0.1) is 0 Å². The van der Waals surface area contributed by atoms with E-state index in [1.165, 1.54) is 38.5 Å². The fraction of sp³-hybridized carbons (Fsp3) is 0.727. The van der Waals surface area contributed by atoms with Crippen molar-refractivity contribution in [1.29, 1.82) is 0 Å². The van der Waals surface area contributed by atoms with Crippen molar-refractivity contribution in [3.63, 3.8) is 0 Å². The highest BCUT2D eigenvalue weighted by molar-refractivity contribution is 5.44. The first-order valence-electron chi connectivity index (χ1n) is 9.72. The zero-order chi connectivity index (χ0) is 16.5. The molecule has 0 heterocycles. The number of fused-ring (bicyclic) bond motifs is 5. The molecule has 23 heavy (non-hydrogen) atoms. The van der Waals surface area contributed by atoms with Crippen molar-refractivity contribution in [2.24, 2.45) is 34.3 Å². The lowest BCUT2D eigenvalue weighted by atomic mass is 9.44. The van der Waals surface area contributed by atoms with E-state index in [1.807, 2.05) is 0 Å². The summed E-state index contributed by atoms with van der Waals surface area (Å²) in [5, 5.41) is 0. The van der Waals surface area contributed by atoms with Gasteiger partial charge in [0.2, 0.25) is 0 Å². The maximum Gasteiger partial charge on any atom is 0.0231 e. The molecule has 4 rings (SSSR count). The minimum atomic E-state index is 0.0338. The Morgan fingerprint density at radius 2 is 1.96 bits per heavy atom. The van der Waals surface area contributed by atoms with Crippen LogP contribution in [0.4, 0.5) is 0 Å². The Morgan fingerprint density at radius 1 is 1.17 bits per heavy atom. The summed E-state index contributed by atoms with van der Waals surface area (Å²) in [7, 11) is 0. The van der Waals surface area contributed by atoms with Gasteiger partial charge in [-0.25, -0.2) is 0 Å². The molecule has 6 unspecified atom stereocenters. The molecule has 0 saturated heterocycles. The molecule has 0 bridgehead atoms. The Kier molecular flexibility index (Phi) is 3.31. The first-order chi connectivity index (χ1) is 10.8. The van der Waals surface area contributed by atoms with Crippen molar-refractivity contribution < 1.29 is 0 Å². The maximum atomic E-state index is 7.29. The summed E-state index contributed by atoms with van der Waals surface area (Å²) in [6.07, 6.45) is 16.1. The Morgan fingerprint density at radius 3 is 2.70 bits per heavy atom. The van der Waals surface area contributed by atoms with Gasteiger partial charge in [-0.05, 0) is 67.3 Å². The molecule has 0 aromatic heterocycles. The van der Waals surface area contributed by atoms with E-state index in [0.29, 0.717) is 11.3 Å². The fourth-order valence-corrected chi connectivity index (χ4v) is 7.26. The van der Waals surface area contributed by atoms with Crippen LogP contribution in [0, 0.1) is 28.6 Å². The van der Waals surface area contributed by atoms with Crippen LogP contribution in [0.25, 0.3) is 0 Å². The van der Waals surface area contributed by atoms with Gasteiger partial charge in [0.1, 0.15) is 0 Å². The van der Waals surface area contributed by atoms with Crippen molar-refractivity contribution in [2.45, 2.75) is 71.3 Å². The molecule has 2 N–H and O–H groups in total. The lowest BCUT2D eigenvalue weighted by Crippen LogP contribution is -2.66. The molecule has 0 aliphatic heterocycles. The first-order valence-corrected chi connectivity index (χ1v) is 9.72. The average Bonchev–Trinajstić information content (AvgIpc) is 2.86. The molecule has 3 fully saturated rings. The van der Waals surface area contributed by atoms with E-state index in [-0.39, 0.29) is 11.0 Å². The van der Waals surface area contributed by atoms with Gasteiger partial charge in [0.25, 0.3) is 0 Å². The number of rotatable bonds is 1. The highest BCUT2D eigenvalue weighted by Gasteiger charge is 2.63. The van der Waals surface area contributed by atoms with Gasteiger partial charge in [0, 0.05) is 11.0 Å². The molecule has 0 amide bonds. The van der Waals surface area contributed by atoms with E-state index in [9.17, 15) is 0 Å². The van der Waals surface area contributed by atoms with Gasteiger partial charge < -0.3 is 5.73 Å². The summed E-state index contributed by atoms with van der Waals surface area (Å²) in [5.41, 5.74) is 10.7. The lowest BCUT2D eigenvalue weighted by molar-refractivity contribution is -0.0545. The van der Waals surface area contributed by atoms with Crippen LogP contribution in [0.5, 0.6) is 0 Å². The second-order valence-corrected chi connectivity index (χ2v) is 9.31. The molecule has 3 saturated carbocycles. The quantitative estimate of drug-likeness (QED) is 0.690. The minimum absolute atomic E-state index is 0.0338. The third-order valence-corrected chi connectivity index (χ3v) is 8.54. The fourth-order valence-electron chi connectivity index (χ4n) is 7.26. The Bertz CT molecular complexity index is 599. The van der Waals surface area contributed by atoms with Crippen LogP contribution >= 0.6 is 0 Å². The van der Waals surface area contributed by atoms with Crippen LogP contribution in [-0.2, 0) is 0 Å². The molecule has 6 atom stereocenters. The third-order valence-electron chi connectivity index (χ3n) is 8.54. The average molecular weight is 312 g/mol. The summed E-state index contributed by atoms with van der Waals surface area (Å²) < 4.78 is 0. The summed E-state index contributed by atoms with van der Waals surface area (Å²) >= 11 is 0. The monoisotopic (exact) mass is 311 g/mol. The zero-order valence-electron chi connectivity index (χ0n) is 15.2. The standard InChI is InChI=1S/C22H33N/c1-5-16-6-7-18-20(16,3)12-10-19-21(4)11-8-15(2)14-17(21)9-13-22(18,19)23/h8,11,14,16,18-19H,2,5-7,9-10,12-13,23H2,1,3-4H3. The van der Waals surface area contributed by atoms with E-state index in [4.69, 9.17) is 5.73 Å². The molecule has 126 valence electrons. The topological polar surface area (TPSA) is 26.0 Å². The predicted molar refractivity (Wildman–Crippen MR) is 98.0 cm³/mol. The molecule has 0 aromatic carbocycles. The van der Waals surface area contributed by atoms with E-state index >= 15 is 0 Å². The van der Waals surface area contributed by atoms with Crippen molar-refractivity contribution >= 4 is 0 Å². The van der Waals surface area contributed by atoms with Crippen LogP contribution < -0.4 is 5.73 Å². The maximum absolute atomic E-state index is 7.29. The van der Waals surface area contributed by atoms with Crippen LogP contribution in [-0.4, -0.2) is 5.54 Å². The van der Waals surface area contributed by atoms with Crippen LogP contribution in [0.2, 0.25) is 0 Å². The molecule has 0 spiro atoms. The molecule has 0 radical (unpaired) electrons. The van der Waals surface area contributed by atoms with Crippen molar-refractivity contribution in [3.8, 4) is 0 Å². The van der Waals surface area contributed by atoms with Crippen LogP contribution in [0.1, 0.15) is 65.7 Å². The SMILES string of the molecule is C=C1C=CC2(C)C(=C1)CCC1(N)C2CCC2(C)C(CC)CCC21. The molecular weight excluding hydrogens is 278 g/mol. The van der Waals surface area contributed by atoms with Crippen molar-refractivity contribution in [1.82, 2.24) is 0 Å². The van der Waals surface area contributed by atoms with Crippen molar-refractivity contribution in [3.05, 3.63) is 36.0 Å². The Balaban J connectivity index is 1.75. The number of allylic oxidation sites excluding steroid dienone is 5. The number of nitrogens with two attached hydrogens (primary N) is 1. The van der Waals surface area contributed by atoms with Gasteiger partial charge in [0.05, 0.1) is 0 Å². The van der Waals surface area contributed by atoms with E-state index in [1.54, 1.807) is 5.57 Å². The summed E-state index contributed by atoms with van der Waals surface area (Å²) in [6, 6.07) is 0. The van der Waals surface area contributed by atoms with Gasteiger partial charge in [-0.1, -0.05) is 57.6 Å². The minimum Gasteiger partial charge on any atom is -0.325 e. The number of hydrogen-bond acceptors (Lipinski definition) is 1. The lowest BCUT2D eigenvalue weighted by Gasteiger charge is -2.62. The Labute approximate surface area is 142 Å². The van der Waals surface area contributed by atoms with Crippen LogP contribution in [0.15, 0.2) is 36.0 Å². The summed E-state index contributed by atoms with van der Waals surface area (Å²) in [6.45, 7) is 11.5. The molecule has 1 heteroatoms. The second kappa shape index (κ2) is 4.85. The van der Waals surface area contributed by atoms with Gasteiger partial charge >= 0.3 is 0 Å². The van der Waals surface area contributed by atoms with Crippen LogP contribution in [0.3, 0.4) is 0 Å². The van der Waals surface area contributed by atoms with Gasteiger partial charge in [0.15, 0.2) is 0 Å². The second-order valence-electron chi connectivity index (χ2n) is 9.31. The highest BCUT2D eigenvalue weighted by Crippen LogP contribution is 2.67. The molecule has 1 nitrogen and oxygen atoms in total. The van der Waals surface area contributed by atoms with E-state index in [2.05, 4.69) is 45.6 Å². The summed E-state index contributed by atoms with van der Waals surface area (Å²) in [5.74, 6) is 2.21. The molecule has 0 aromatic rings. The van der Waals surface area contributed by atoms with E-state index < -0.39 is 0 Å². The smallest absolute Gasteiger partial charge is 0.0231 e. The number of hydrogen-bond donors (Lipinski definition) is 1. The largest absolute Gasteiger partial charge is 0.325 e. The first kappa shape index (κ1) is 15.7. The Hall–Kier alpha value is -0.820. The molecular formula is C22H33N. The normalized spacial score (nSPS) is 51.7. The predicted octanol–water partition coefficient (Wildman–Crippen LogP) is 5.39. The summed E-state index contributed by atoms with van der Waals surface area (Å²) in [4.78, 5) is 0. The molecule has 4 aliphatic rings. The van der Waals surface area contributed by atoms with Gasteiger partial charge in [-0.2, -0.15) is 0 Å². The molecule has 4 aliphatic carbocycles.